The summed E-state index contributed by atoms with van der Waals surface area (Å²) in [6, 6.07) is 7.68. The minimum atomic E-state index is -3.98. The number of hydrogen-bond acceptors (Lipinski definition) is 10. The first kappa shape index (κ1) is 25.0. The Balaban J connectivity index is 1.26. The SMILES string of the molecule is O=C(c1ncc(-c2cc[n+]([O-])cc2)nn1)N1C2CN(S(=O)(=O)c3cc4ccc(Cl)cc4s3)CC1C(O)C2O. The molecule has 2 saturated heterocycles. The molecule has 0 radical (unpaired) electrons. The summed E-state index contributed by atoms with van der Waals surface area (Å²) in [6.07, 6.45) is 1.19. The van der Waals surface area contributed by atoms with Gasteiger partial charge in [0.25, 0.3) is 15.9 Å². The molecule has 4 unspecified atom stereocenters. The average Bonchev–Trinajstić information content (AvgIpc) is 3.41. The normalized spacial score (nSPS) is 23.7. The molecule has 196 valence electrons. The molecule has 15 heteroatoms. The van der Waals surface area contributed by atoms with Gasteiger partial charge in [-0.15, -0.1) is 21.5 Å². The molecule has 2 bridgehead atoms. The van der Waals surface area contributed by atoms with Crippen LogP contribution in [-0.4, -0.2) is 86.3 Å². The molecule has 2 N–H and O–H groups in total. The van der Waals surface area contributed by atoms with Crippen molar-refractivity contribution in [1.82, 2.24) is 24.4 Å². The van der Waals surface area contributed by atoms with Crippen LogP contribution in [0.4, 0.5) is 0 Å². The number of carbonyl (C=O) groups is 1. The van der Waals surface area contributed by atoms with Crippen molar-refractivity contribution in [2.75, 3.05) is 13.1 Å². The van der Waals surface area contributed by atoms with Crippen LogP contribution >= 0.6 is 22.9 Å². The second-order valence-electron chi connectivity index (χ2n) is 9.01. The maximum absolute atomic E-state index is 13.5. The number of carbonyl (C=O) groups excluding carboxylic acids is 1. The summed E-state index contributed by atoms with van der Waals surface area (Å²) in [5, 5.41) is 41.7. The van der Waals surface area contributed by atoms with E-state index in [-0.39, 0.29) is 23.1 Å². The van der Waals surface area contributed by atoms with Crippen LogP contribution in [0.15, 0.2) is 59.2 Å². The lowest BCUT2D eigenvalue weighted by molar-refractivity contribution is -0.605. The molecule has 2 aliphatic heterocycles. The summed E-state index contributed by atoms with van der Waals surface area (Å²) < 4.78 is 29.6. The van der Waals surface area contributed by atoms with E-state index in [1.54, 1.807) is 24.3 Å². The van der Waals surface area contributed by atoms with E-state index in [9.17, 15) is 28.6 Å². The summed E-state index contributed by atoms with van der Waals surface area (Å²) in [5.74, 6) is -0.953. The first-order valence-corrected chi connectivity index (χ1v) is 14.0. The van der Waals surface area contributed by atoms with E-state index in [2.05, 4.69) is 15.2 Å². The minimum absolute atomic E-state index is 0.101. The molecule has 38 heavy (non-hydrogen) atoms. The number of nitrogens with zero attached hydrogens (tertiary/aromatic N) is 6. The van der Waals surface area contributed by atoms with Crippen LogP contribution in [0, 0.1) is 5.21 Å². The number of aliphatic hydroxyl groups is 2. The van der Waals surface area contributed by atoms with Gasteiger partial charge in [-0.05, 0) is 23.6 Å². The largest absolute Gasteiger partial charge is 0.619 e. The average molecular weight is 575 g/mol. The number of aromatic nitrogens is 4. The van der Waals surface area contributed by atoms with Gasteiger partial charge in [0, 0.05) is 40.5 Å². The Bertz CT molecular complexity index is 1630. The lowest BCUT2D eigenvalue weighted by Gasteiger charge is -2.39. The monoisotopic (exact) mass is 574 g/mol. The van der Waals surface area contributed by atoms with E-state index in [0.29, 0.717) is 25.7 Å². The zero-order chi connectivity index (χ0) is 26.8. The molecule has 0 saturated carbocycles. The summed E-state index contributed by atoms with van der Waals surface area (Å²) in [6.45, 7) is -0.439. The van der Waals surface area contributed by atoms with Gasteiger partial charge in [0.15, 0.2) is 12.4 Å². The summed E-state index contributed by atoms with van der Waals surface area (Å²) in [4.78, 5) is 18.7. The van der Waals surface area contributed by atoms with Crippen LogP contribution in [0.5, 0.6) is 0 Å². The van der Waals surface area contributed by atoms with Crippen LogP contribution < -0.4 is 4.73 Å². The molecule has 0 spiro atoms. The first-order valence-electron chi connectivity index (χ1n) is 11.4. The summed E-state index contributed by atoms with van der Waals surface area (Å²) >= 11 is 7.11. The highest BCUT2D eigenvalue weighted by molar-refractivity contribution is 7.91. The van der Waals surface area contributed by atoms with Gasteiger partial charge in [-0.25, -0.2) is 13.4 Å². The third-order valence-corrected chi connectivity index (χ3v) is 10.4. The van der Waals surface area contributed by atoms with Crippen molar-refractivity contribution < 1.29 is 28.2 Å². The van der Waals surface area contributed by atoms with Crippen LogP contribution in [0.2, 0.25) is 5.02 Å². The maximum Gasteiger partial charge on any atom is 0.294 e. The molecule has 1 amide bonds. The van der Waals surface area contributed by atoms with Crippen molar-refractivity contribution in [3.8, 4) is 11.3 Å². The van der Waals surface area contributed by atoms with E-state index in [4.69, 9.17) is 11.6 Å². The Morgan fingerprint density at radius 1 is 1.08 bits per heavy atom. The van der Waals surface area contributed by atoms with Crippen LogP contribution in [0.25, 0.3) is 21.3 Å². The molecule has 6 rings (SSSR count). The van der Waals surface area contributed by atoms with Gasteiger partial charge >= 0.3 is 0 Å². The lowest BCUT2D eigenvalue weighted by Crippen LogP contribution is -2.59. The zero-order valence-electron chi connectivity index (χ0n) is 19.3. The van der Waals surface area contributed by atoms with Gasteiger partial charge in [0.05, 0.1) is 18.3 Å². The molecular formula is C23H19ClN6O6S2. The molecule has 5 heterocycles. The number of halogens is 1. The highest BCUT2D eigenvalue weighted by Crippen LogP contribution is 2.37. The van der Waals surface area contributed by atoms with E-state index in [1.807, 2.05) is 0 Å². The topological polar surface area (TPSA) is 164 Å². The van der Waals surface area contributed by atoms with Crippen molar-refractivity contribution in [3.63, 3.8) is 0 Å². The summed E-state index contributed by atoms with van der Waals surface area (Å²) in [5.41, 5.74) is 0.912. The lowest BCUT2D eigenvalue weighted by atomic mass is 10.1. The van der Waals surface area contributed by atoms with Gasteiger partial charge < -0.3 is 20.3 Å². The van der Waals surface area contributed by atoms with Crippen molar-refractivity contribution in [3.05, 3.63) is 71.0 Å². The number of rotatable bonds is 4. The molecule has 3 aromatic heterocycles. The minimum Gasteiger partial charge on any atom is -0.619 e. The Kier molecular flexibility index (Phi) is 6.05. The Morgan fingerprint density at radius 2 is 1.76 bits per heavy atom. The van der Waals surface area contributed by atoms with E-state index in [1.165, 1.54) is 39.9 Å². The zero-order valence-corrected chi connectivity index (χ0v) is 21.7. The van der Waals surface area contributed by atoms with Gasteiger partial charge in [0.1, 0.15) is 22.1 Å². The molecule has 2 fully saturated rings. The first-order chi connectivity index (χ1) is 18.1. The Hall–Kier alpha value is -3.27. The van der Waals surface area contributed by atoms with E-state index < -0.39 is 40.2 Å². The second kappa shape index (κ2) is 9.18. The fourth-order valence-corrected chi connectivity index (χ4v) is 8.16. The summed E-state index contributed by atoms with van der Waals surface area (Å²) in [7, 11) is -3.98. The van der Waals surface area contributed by atoms with Crippen molar-refractivity contribution in [2.45, 2.75) is 28.5 Å². The maximum atomic E-state index is 13.5. The number of fused-ring (bicyclic) bond motifs is 3. The number of sulfonamides is 1. The standard InChI is InChI=1S/C23H19ClN6O6S2/c24-14-2-1-13-7-19(37-18(13)8-14)38(35,36)29-10-16-20(31)21(32)17(11-29)30(16)23(33)22-25-9-15(26-27-22)12-3-5-28(34)6-4-12/h1-9,16-17,20-21,31-32H,10-11H2. The third kappa shape index (κ3) is 4.09. The molecule has 2 aliphatic rings. The van der Waals surface area contributed by atoms with Crippen LogP contribution in [-0.2, 0) is 10.0 Å². The Morgan fingerprint density at radius 3 is 2.39 bits per heavy atom. The fraction of sp³-hybridized carbons (Fsp3) is 0.261. The number of thiophene rings is 1. The van der Waals surface area contributed by atoms with Gasteiger partial charge in [-0.2, -0.15) is 9.04 Å². The molecule has 12 nitrogen and oxygen atoms in total. The van der Waals surface area contributed by atoms with Gasteiger partial charge in [0.2, 0.25) is 5.82 Å². The quantitative estimate of drug-likeness (QED) is 0.263. The van der Waals surface area contributed by atoms with E-state index in [0.717, 1.165) is 16.7 Å². The van der Waals surface area contributed by atoms with Gasteiger partial charge in [-0.3, -0.25) is 4.79 Å². The van der Waals surface area contributed by atoms with Crippen LogP contribution in [0.1, 0.15) is 10.6 Å². The predicted molar refractivity (Wildman–Crippen MR) is 136 cm³/mol. The highest BCUT2D eigenvalue weighted by Gasteiger charge is 2.56. The molecule has 0 aliphatic carbocycles. The molecule has 4 aromatic rings. The molecule has 4 atom stereocenters. The number of benzene rings is 1. The number of amides is 1. The predicted octanol–water partition coefficient (Wildman–Crippen LogP) is 0.659. The van der Waals surface area contributed by atoms with Crippen molar-refractivity contribution in [2.24, 2.45) is 0 Å². The van der Waals surface area contributed by atoms with Crippen molar-refractivity contribution in [1.29, 1.82) is 0 Å². The van der Waals surface area contributed by atoms with Crippen molar-refractivity contribution >= 4 is 49.0 Å². The number of piperazine rings is 1. The third-order valence-electron chi connectivity index (χ3n) is 6.77. The Labute approximate surface area is 225 Å². The number of hydrogen-bond donors (Lipinski definition) is 2. The van der Waals surface area contributed by atoms with Gasteiger partial charge in [-0.1, -0.05) is 17.7 Å². The highest BCUT2D eigenvalue weighted by atomic mass is 35.5. The molecule has 1 aromatic carbocycles. The van der Waals surface area contributed by atoms with E-state index >= 15 is 0 Å². The van der Waals surface area contributed by atoms with Crippen LogP contribution in [0.3, 0.4) is 0 Å². The fourth-order valence-electron chi connectivity index (χ4n) is 4.85. The smallest absolute Gasteiger partial charge is 0.294 e. The second-order valence-corrected chi connectivity index (χ2v) is 12.7. The molecular weight excluding hydrogens is 556 g/mol. The number of pyridine rings is 1. The number of aliphatic hydroxyl groups excluding tert-OH is 2.